The smallest absolute Gasteiger partial charge is 0.230 e. The first-order valence-corrected chi connectivity index (χ1v) is 8.48. The Morgan fingerprint density at radius 3 is 2.72 bits per heavy atom. The summed E-state index contributed by atoms with van der Waals surface area (Å²) in [7, 11) is 1.63. The summed E-state index contributed by atoms with van der Waals surface area (Å²) in [6.07, 6.45) is 1.89. The lowest BCUT2D eigenvalue weighted by Crippen LogP contribution is -2.39. The van der Waals surface area contributed by atoms with Crippen LogP contribution in [0.5, 0.6) is 5.75 Å². The van der Waals surface area contributed by atoms with Crippen molar-refractivity contribution in [1.82, 2.24) is 10.3 Å². The summed E-state index contributed by atoms with van der Waals surface area (Å²) < 4.78 is 5.31. The number of carbonyl (C=O) groups excluding carboxylic acids is 1. The number of benzene rings is 2. The van der Waals surface area contributed by atoms with E-state index in [2.05, 4.69) is 10.3 Å². The van der Waals surface area contributed by atoms with Crippen LogP contribution in [-0.4, -0.2) is 18.0 Å². The molecule has 0 aliphatic heterocycles. The molecule has 0 bridgehead atoms. The van der Waals surface area contributed by atoms with E-state index in [0.29, 0.717) is 11.6 Å². The zero-order chi connectivity index (χ0) is 18.0. The molecular weight excluding hydrogens is 336 g/mol. The number of fused-ring (bicyclic) bond motifs is 1. The van der Waals surface area contributed by atoms with E-state index in [9.17, 15) is 4.79 Å². The monoisotopic (exact) mass is 356 g/mol. The molecule has 4 nitrogen and oxygen atoms in total. The van der Waals surface area contributed by atoms with E-state index in [0.717, 1.165) is 27.8 Å². The van der Waals surface area contributed by atoms with Gasteiger partial charge in [0.15, 0.2) is 0 Å². The van der Waals surface area contributed by atoms with Gasteiger partial charge in [0.25, 0.3) is 0 Å². The van der Waals surface area contributed by atoms with Gasteiger partial charge in [-0.3, -0.25) is 4.79 Å². The Bertz CT molecular complexity index is 915. The van der Waals surface area contributed by atoms with E-state index in [1.54, 1.807) is 7.11 Å². The molecule has 25 heavy (non-hydrogen) atoms. The summed E-state index contributed by atoms with van der Waals surface area (Å²) in [6.45, 7) is 4.22. The number of halogens is 1. The number of methoxy groups -OCH3 is 1. The molecule has 0 saturated heterocycles. The molecule has 1 heterocycles. The Hall–Kier alpha value is -2.46. The number of hydrogen-bond acceptors (Lipinski definition) is 2. The molecule has 0 aliphatic rings. The molecule has 2 aromatic carbocycles. The van der Waals surface area contributed by atoms with Gasteiger partial charge in [-0.2, -0.15) is 0 Å². The number of ether oxygens (including phenoxy) is 1. The van der Waals surface area contributed by atoms with Crippen molar-refractivity contribution >= 4 is 28.4 Å². The Morgan fingerprint density at radius 1 is 1.24 bits per heavy atom. The first-order chi connectivity index (χ1) is 11.9. The standard InChI is InChI=1S/C20H21ClN2O2/c1-20(2,19(24)23-11-13-6-4-5-7-17(13)21)16-12-22-18-9-8-14(25-3)10-15(16)18/h4-10,12,22H,11H2,1-3H3,(H,23,24). The second kappa shape index (κ2) is 6.81. The highest BCUT2D eigenvalue weighted by Crippen LogP contribution is 2.33. The third kappa shape index (κ3) is 3.35. The number of H-pyrrole nitrogens is 1. The van der Waals surface area contributed by atoms with Gasteiger partial charge in [-0.15, -0.1) is 0 Å². The van der Waals surface area contributed by atoms with Gasteiger partial charge in [-0.05, 0) is 49.2 Å². The maximum atomic E-state index is 12.8. The van der Waals surface area contributed by atoms with Crippen LogP contribution in [0, 0.1) is 0 Å². The molecule has 5 heteroatoms. The maximum absolute atomic E-state index is 12.8. The van der Waals surface area contributed by atoms with Crippen molar-refractivity contribution < 1.29 is 9.53 Å². The normalized spacial score (nSPS) is 11.5. The second-order valence-electron chi connectivity index (χ2n) is 6.51. The molecule has 1 amide bonds. The van der Waals surface area contributed by atoms with Crippen molar-refractivity contribution in [3.05, 3.63) is 64.8 Å². The molecule has 0 radical (unpaired) electrons. The van der Waals surface area contributed by atoms with Crippen molar-refractivity contribution in [1.29, 1.82) is 0 Å². The van der Waals surface area contributed by atoms with Crippen LogP contribution in [0.1, 0.15) is 25.0 Å². The molecule has 1 aromatic heterocycles. The number of aromatic nitrogens is 1. The summed E-state index contributed by atoms with van der Waals surface area (Å²) in [4.78, 5) is 16.1. The van der Waals surface area contributed by atoms with E-state index in [-0.39, 0.29) is 5.91 Å². The number of carbonyl (C=O) groups is 1. The maximum Gasteiger partial charge on any atom is 0.230 e. The summed E-state index contributed by atoms with van der Waals surface area (Å²) >= 11 is 6.16. The van der Waals surface area contributed by atoms with E-state index < -0.39 is 5.41 Å². The van der Waals surface area contributed by atoms with Gasteiger partial charge in [0.05, 0.1) is 12.5 Å². The molecular formula is C20H21ClN2O2. The van der Waals surface area contributed by atoms with Crippen LogP contribution in [-0.2, 0) is 16.8 Å². The molecule has 3 rings (SSSR count). The second-order valence-corrected chi connectivity index (χ2v) is 6.92. The summed E-state index contributed by atoms with van der Waals surface area (Å²) in [5.41, 5.74) is 2.10. The molecule has 130 valence electrons. The molecule has 0 atom stereocenters. The molecule has 3 aromatic rings. The van der Waals surface area contributed by atoms with E-state index in [1.165, 1.54) is 0 Å². The van der Waals surface area contributed by atoms with E-state index >= 15 is 0 Å². The van der Waals surface area contributed by atoms with Crippen LogP contribution in [0.2, 0.25) is 5.02 Å². The summed E-state index contributed by atoms with van der Waals surface area (Å²) in [5.74, 6) is 0.705. The summed E-state index contributed by atoms with van der Waals surface area (Å²) in [6, 6.07) is 13.3. The van der Waals surface area contributed by atoms with Gasteiger partial charge in [0, 0.05) is 28.7 Å². The SMILES string of the molecule is COc1ccc2[nH]cc(C(C)(C)C(=O)NCc3ccccc3Cl)c2c1. The minimum atomic E-state index is -0.703. The first-order valence-electron chi connectivity index (χ1n) is 8.11. The fraction of sp³-hybridized carbons (Fsp3) is 0.250. The van der Waals surface area contributed by atoms with Crippen LogP contribution in [0.15, 0.2) is 48.7 Å². The lowest BCUT2D eigenvalue weighted by Gasteiger charge is -2.23. The van der Waals surface area contributed by atoms with Crippen molar-refractivity contribution in [2.24, 2.45) is 0 Å². The van der Waals surface area contributed by atoms with E-state index in [1.807, 2.05) is 62.5 Å². The number of amides is 1. The fourth-order valence-electron chi connectivity index (χ4n) is 2.90. The van der Waals surface area contributed by atoms with Crippen LogP contribution < -0.4 is 10.1 Å². The van der Waals surface area contributed by atoms with Gasteiger partial charge in [0.2, 0.25) is 5.91 Å². The molecule has 0 unspecified atom stereocenters. The molecule has 0 fully saturated rings. The molecule has 2 N–H and O–H groups in total. The lowest BCUT2D eigenvalue weighted by atomic mass is 9.83. The van der Waals surface area contributed by atoms with Crippen molar-refractivity contribution in [3.8, 4) is 5.75 Å². The van der Waals surface area contributed by atoms with Crippen LogP contribution in [0.25, 0.3) is 10.9 Å². The largest absolute Gasteiger partial charge is 0.497 e. The van der Waals surface area contributed by atoms with Gasteiger partial charge >= 0.3 is 0 Å². The number of nitrogens with one attached hydrogen (secondary N) is 2. The Balaban J connectivity index is 1.85. The quantitative estimate of drug-likeness (QED) is 0.710. The Kier molecular flexibility index (Phi) is 4.73. The number of hydrogen-bond donors (Lipinski definition) is 2. The van der Waals surface area contributed by atoms with Gasteiger partial charge in [-0.25, -0.2) is 0 Å². The van der Waals surface area contributed by atoms with Crippen LogP contribution in [0.4, 0.5) is 0 Å². The first kappa shape index (κ1) is 17.4. The Morgan fingerprint density at radius 2 is 2.00 bits per heavy atom. The zero-order valence-electron chi connectivity index (χ0n) is 14.5. The topological polar surface area (TPSA) is 54.1 Å². The molecule has 0 saturated carbocycles. The van der Waals surface area contributed by atoms with Crippen molar-refractivity contribution in [3.63, 3.8) is 0 Å². The van der Waals surface area contributed by atoms with E-state index in [4.69, 9.17) is 16.3 Å². The lowest BCUT2D eigenvalue weighted by molar-refractivity contribution is -0.125. The predicted octanol–water partition coefficient (Wildman–Crippen LogP) is 4.42. The zero-order valence-corrected chi connectivity index (χ0v) is 15.3. The van der Waals surface area contributed by atoms with Crippen LogP contribution in [0.3, 0.4) is 0 Å². The van der Waals surface area contributed by atoms with Gasteiger partial charge in [0.1, 0.15) is 5.75 Å². The van der Waals surface area contributed by atoms with Crippen molar-refractivity contribution in [2.75, 3.05) is 7.11 Å². The average molecular weight is 357 g/mol. The molecule has 0 spiro atoms. The van der Waals surface area contributed by atoms with Crippen molar-refractivity contribution in [2.45, 2.75) is 25.8 Å². The minimum Gasteiger partial charge on any atom is -0.497 e. The Labute approximate surface area is 152 Å². The number of rotatable bonds is 5. The third-order valence-corrected chi connectivity index (χ3v) is 4.90. The number of aromatic amines is 1. The van der Waals surface area contributed by atoms with Gasteiger partial charge < -0.3 is 15.0 Å². The highest BCUT2D eigenvalue weighted by atomic mass is 35.5. The molecule has 0 aliphatic carbocycles. The van der Waals surface area contributed by atoms with Gasteiger partial charge in [-0.1, -0.05) is 29.8 Å². The summed E-state index contributed by atoms with van der Waals surface area (Å²) in [5, 5.41) is 4.63. The predicted molar refractivity (Wildman–Crippen MR) is 101 cm³/mol. The minimum absolute atomic E-state index is 0.0591. The fourth-order valence-corrected chi connectivity index (χ4v) is 3.11. The highest BCUT2D eigenvalue weighted by molar-refractivity contribution is 6.31. The third-order valence-electron chi connectivity index (χ3n) is 4.53. The highest BCUT2D eigenvalue weighted by Gasteiger charge is 2.32. The van der Waals surface area contributed by atoms with Crippen LogP contribution >= 0.6 is 11.6 Å². The average Bonchev–Trinajstić information content (AvgIpc) is 3.04.